The first kappa shape index (κ1) is 22.3. The number of benzene rings is 1. The van der Waals surface area contributed by atoms with Crippen molar-refractivity contribution in [2.75, 3.05) is 36.4 Å². The molecule has 28 heavy (non-hydrogen) atoms. The van der Waals surface area contributed by atoms with Crippen LogP contribution in [0.4, 0.5) is 11.4 Å². The average Bonchev–Trinajstić information content (AvgIpc) is 3.24. The standard InChI is InChI=1S/C23H37N3O2/c1-5-9-12-18(6-2)22(27)24-19-13-14-21(26-15-10-11-16-26)20(17-19)23(28)25(7-3)8-4/h13-14,17-18H,5-12,15-16H2,1-4H3,(H,24,27). The Morgan fingerprint density at radius 2 is 1.79 bits per heavy atom. The summed E-state index contributed by atoms with van der Waals surface area (Å²) in [5.74, 6) is 0.132. The van der Waals surface area contributed by atoms with Crippen LogP contribution in [0.5, 0.6) is 0 Å². The summed E-state index contributed by atoms with van der Waals surface area (Å²) >= 11 is 0. The summed E-state index contributed by atoms with van der Waals surface area (Å²) < 4.78 is 0. The van der Waals surface area contributed by atoms with Gasteiger partial charge in [0, 0.05) is 43.5 Å². The minimum Gasteiger partial charge on any atom is -0.371 e. The van der Waals surface area contributed by atoms with Crippen molar-refractivity contribution in [3.8, 4) is 0 Å². The first-order valence-corrected chi connectivity index (χ1v) is 11.0. The van der Waals surface area contributed by atoms with Gasteiger partial charge >= 0.3 is 0 Å². The van der Waals surface area contributed by atoms with E-state index in [2.05, 4.69) is 24.1 Å². The SMILES string of the molecule is CCCCC(CC)C(=O)Nc1ccc(N2CCCC2)c(C(=O)N(CC)CC)c1. The Bertz CT molecular complexity index is 649. The molecule has 2 amide bonds. The summed E-state index contributed by atoms with van der Waals surface area (Å²) in [6, 6.07) is 5.82. The van der Waals surface area contributed by atoms with E-state index in [0.29, 0.717) is 18.7 Å². The van der Waals surface area contributed by atoms with Crippen molar-refractivity contribution < 1.29 is 9.59 Å². The number of amides is 2. The van der Waals surface area contributed by atoms with Gasteiger partial charge in [-0.25, -0.2) is 0 Å². The normalized spacial score (nSPS) is 14.8. The molecule has 1 atom stereocenters. The van der Waals surface area contributed by atoms with E-state index >= 15 is 0 Å². The van der Waals surface area contributed by atoms with E-state index in [1.54, 1.807) is 0 Å². The fourth-order valence-corrected chi connectivity index (χ4v) is 3.92. The highest BCUT2D eigenvalue weighted by atomic mass is 16.2. The van der Waals surface area contributed by atoms with Gasteiger partial charge in [0.05, 0.1) is 5.56 Å². The Labute approximate surface area is 170 Å². The molecule has 0 bridgehead atoms. The predicted octanol–water partition coefficient (Wildman–Crippen LogP) is 4.92. The lowest BCUT2D eigenvalue weighted by molar-refractivity contribution is -0.120. The number of hydrogen-bond donors (Lipinski definition) is 1. The lowest BCUT2D eigenvalue weighted by Crippen LogP contribution is -2.32. The number of rotatable bonds is 10. The van der Waals surface area contributed by atoms with Crippen LogP contribution < -0.4 is 10.2 Å². The van der Waals surface area contributed by atoms with Crippen molar-refractivity contribution in [3.05, 3.63) is 23.8 Å². The minimum absolute atomic E-state index is 0.0279. The van der Waals surface area contributed by atoms with E-state index in [4.69, 9.17) is 0 Å². The Kier molecular flexibility index (Phi) is 8.81. The first-order chi connectivity index (χ1) is 13.5. The molecule has 0 aromatic heterocycles. The highest BCUT2D eigenvalue weighted by Gasteiger charge is 2.23. The third-order valence-electron chi connectivity index (χ3n) is 5.76. The van der Waals surface area contributed by atoms with Crippen LogP contribution in [0.25, 0.3) is 0 Å². The first-order valence-electron chi connectivity index (χ1n) is 11.0. The number of anilines is 2. The van der Waals surface area contributed by atoms with Crippen LogP contribution in [0.15, 0.2) is 18.2 Å². The minimum atomic E-state index is 0.0279. The molecule has 1 unspecified atom stereocenters. The van der Waals surface area contributed by atoms with Gasteiger partial charge in [0.2, 0.25) is 5.91 Å². The van der Waals surface area contributed by atoms with E-state index < -0.39 is 0 Å². The zero-order chi connectivity index (χ0) is 20.5. The Balaban J connectivity index is 2.27. The Hall–Kier alpha value is -2.04. The van der Waals surface area contributed by atoms with E-state index in [1.807, 2.05) is 36.9 Å². The maximum absolute atomic E-state index is 13.1. The van der Waals surface area contributed by atoms with Crippen molar-refractivity contribution in [1.29, 1.82) is 0 Å². The van der Waals surface area contributed by atoms with Crippen LogP contribution >= 0.6 is 0 Å². The van der Waals surface area contributed by atoms with Crippen LogP contribution in [0.1, 0.15) is 76.6 Å². The topological polar surface area (TPSA) is 52.7 Å². The molecule has 0 radical (unpaired) electrons. The summed E-state index contributed by atoms with van der Waals surface area (Å²) in [7, 11) is 0. The van der Waals surface area contributed by atoms with Gasteiger partial charge < -0.3 is 15.1 Å². The number of hydrogen-bond acceptors (Lipinski definition) is 3. The number of carbonyl (C=O) groups is 2. The van der Waals surface area contributed by atoms with E-state index in [9.17, 15) is 9.59 Å². The van der Waals surface area contributed by atoms with Crippen LogP contribution in [0.2, 0.25) is 0 Å². The lowest BCUT2D eigenvalue weighted by Gasteiger charge is -2.26. The van der Waals surface area contributed by atoms with Gasteiger partial charge in [0.25, 0.3) is 5.91 Å². The number of nitrogens with one attached hydrogen (secondary N) is 1. The second-order valence-corrected chi connectivity index (χ2v) is 7.64. The van der Waals surface area contributed by atoms with Gasteiger partial charge in [-0.2, -0.15) is 0 Å². The molecule has 1 aliphatic heterocycles. The molecule has 5 heteroatoms. The second kappa shape index (κ2) is 11.1. The molecular formula is C23H37N3O2. The molecule has 1 saturated heterocycles. The molecule has 0 saturated carbocycles. The molecule has 5 nitrogen and oxygen atoms in total. The lowest BCUT2D eigenvalue weighted by atomic mass is 9.98. The molecule has 0 spiro atoms. The maximum atomic E-state index is 13.1. The number of nitrogens with zero attached hydrogens (tertiary/aromatic N) is 2. The molecule has 1 fully saturated rings. The highest BCUT2D eigenvalue weighted by molar-refractivity contribution is 6.02. The van der Waals surface area contributed by atoms with Crippen molar-refractivity contribution in [3.63, 3.8) is 0 Å². The van der Waals surface area contributed by atoms with Crippen molar-refractivity contribution >= 4 is 23.2 Å². The average molecular weight is 388 g/mol. The predicted molar refractivity (Wildman–Crippen MR) is 117 cm³/mol. The summed E-state index contributed by atoms with van der Waals surface area (Å²) in [4.78, 5) is 30.0. The Morgan fingerprint density at radius 1 is 1.11 bits per heavy atom. The summed E-state index contributed by atoms with van der Waals surface area (Å²) in [5.41, 5.74) is 2.41. The second-order valence-electron chi connectivity index (χ2n) is 7.64. The number of carbonyl (C=O) groups excluding carboxylic acids is 2. The van der Waals surface area contributed by atoms with Crippen LogP contribution in [0, 0.1) is 5.92 Å². The molecule has 156 valence electrons. The Morgan fingerprint density at radius 3 is 2.36 bits per heavy atom. The van der Waals surface area contributed by atoms with Crippen molar-refractivity contribution in [2.45, 2.75) is 66.2 Å². The largest absolute Gasteiger partial charge is 0.371 e. The van der Waals surface area contributed by atoms with Crippen LogP contribution in [0.3, 0.4) is 0 Å². The van der Waals surface area contributed by atoms with E-state index in [1.165, 1.54) is 0 Å². The van der Waals surface area contributed by atoms with Crippen molar-refractivity contribution in [2.24, 2.45) is 5.92 Å². The zero-order valence-electron chi connectivity index (χ0n) is 18.1. The quantitative estimate of drug-likeness (QED) is 0.620. The van der Waals surface area contributed by atoms with Gasteiger partial charge in [0.15, 0.2) is 0 Å². The summed E-state index contributed by atoms with van der Waals surface area (Å²) in [5, 5.41) is 3.06. The molecule has 1 N–H and O–H groups in total. The van der Waals surface area contributed by atoms with Gasteiger partial charge in [-0.3, -0.25) is 9.59 Å². The number of unbranched alkanes of at least 4 members (excludes halogenated alkanes) is 1. The summed E-state index contributed by atoms with van der Waals surface area (Å²) in [6.07, 6.45) is 6.22. The van der Waals surface area contributed by atoms with Gasteiger partial charge in [0.1, 0.15) is 0 Å². The smallest absolute Gasteiger partial charge is 0.256 e. The zero-order valence-corrected chi connectivity index (χ0v) is 18.1. The molecule has 1 heterocycles. The maximum Gasteiger partial charge on any atom is 0.256 e. The van der Waals surface area contributed by atoms with E-state index in [-0.39, 0.29) is 17.7 Å². The van der Waals surface area contributed by atoms with Crippen molar-refractivity contribution in [1.82, 2.24) is 4.90 Å². The third kappa shape index (κ3) is 5.49. The molecule has 1 aromatic rings. The molecule has 0 aliphatic carbocycles. The molecule has 1 aliphatic rings. The monoisotopic (exact) mass is 387 g/mol. The van der Waals surface area contributed by atoms with Gasteiger partial charge in [-0.05, 0) is 57.7 Å². The third-order valence-corrected chi connectivity index (χ3v) is 5.76. The van der Waals surface area contributed by atoms with Crippen LogP contribution in [-0.2, 0) is 4.79 Å². The fourth-order valence-electron chi connectivity index (χ4n) is 3.92. The highest BCUT2D eigenvalue weighted by Crippen LogP contribution is 2.29. The molecular weight excluding hydrogens is 350 g/mol. The molecule has 1 aromatic carbocycles. The summed E-state index contributed by atoms with van der Waals surface area (Å²) in [6.45, 7) is 11.5. The van der Waals surface area contributed by atoms with Gasteiger partial charge in [-0.1, -0.05) is 26.7 Å². The fraction of sp³-hybridized carbons (Fsp3) is 0.652. The van der Waals surface area contributed by atoms with Crippen LogP contribution in [-0.4, -0.2) is 42.9 Å². The van der Waals surface area contributed by atoms with Gasteiger partial charge in [-0.15, -0.1) is 0 Å². The molecule has 2 rings (SSSR count). The van der Waals surface area contributed by atoms with E-state index in [0.717, 1.165) is 63.0 Å².